The molecule has 4 heteroatoms. The Morgan fingerprint density at radius 3 is 2.38 bits per heavy atom. The minimum absolute atomic E-state index is 0.108. The molecule has 1 N–H and O–H groups in total. The zero-order valence-corrected chi connectivity index (χ0v) is 15.1. The number of amides is 1. The van der Waals surface area contributed by atoms with Crippen LogP contribution in [0, 0.1) is 0 Å². The molecular formula is C22H26N2O2. The highest BCUT2D eigenvalue weighted by atomic mass is 16.5. The topological polar surface area (TPSA) is 41.6 Å². The molecule has 2 fully saturated rings. The highest BCUT2D eigenvalue weighted by Crippen LogP contribution is 2.32. The van der Waals surface area contributed by atoms with Crippen molar-refractivity contribution in [3.8, 4) is 11.5 Å². The van der Waals surface area contributed by atoms with E-state index in [2.05, 4.69) is 10.2 Å². The van der Waals surface area contributed by atoms with E-state index in [0.717, 1.165) is 38.1 Å². The maximum atomic E-state index is 13.5. The molecule has 1 saturated heterocycles. The second-order valence-electron chi connectivity index (χ2n) is 7.21. The molecular weight excluding hydrogens is 324 g/mol. The van der Waals surface area contributed by atoms with E-state index >= 15 is 0 Å². The van der Waals surface area contributed by atoms with Gasteiger partial charge in [-0.15, -0.1) is 0 Å². The van der Waals surface area contributed by atoms with Gasteiger partial charge in [0.25, 0.3) is 5.91 Å². The lowest BCUT2D eigenvalue weighted by Crippen LogP contribution is -2.47. The van der Waals surface area contributed by atoms with Gasteiger partial charge in [-0.25, -0.2) is 0 Å². The summed E-state index contributed by atoms with van der Waals surface area (Å²) in [7, 11) is 0. The first kappa shape index (κ1) is 17.1. The molecule has 0 bridgehead atoms. The van der Waals surface area contributed by atoms with E-state index in [1.807, 2.05) is 54.6 Å². The van der Waals surface area contributed by atoms with E-state index in [0.29, 0.717) is 17.4 Å². The Labute approximate surface area is 155 Å². The van der Waals surface area contributed by atoms with Gasteiger partial charge in [0.15, 0.2) is 0 Å². The Hall–Kier alpha value is -2.33. The average Bonchev–Trinajstić information content (AvgIpc) is 3.38. The van der Waals surface area contributed by atoms with Gasteiger partial charge in [0, 0.05) is 18.6 Å². The van der Waals surface area contributed by atoms with E-state index in [1.165, 1.54) is 12.8 Å². The third-order valence-electron chi connectivity index (χ3n) is 5.47. The molecule has 1 aliphatic heterocycles. The maximum Gasteiger partial charge on any atom is 0.258 e. The summed E-state index contributed by atoms with van der Waals surface area (Å²) in [6, 6.07) is 17.9. The molecule has 1 heterocycles. The van der Waals surface area contributed by atoms with Gasteiger partial charge in [-0.3, -0.25) is 4.79 Å². The third-order valence-corrected chi connectivity index (χ3v) is 5.47. The third kappa shape index (κ3) is 3.61. The zero-order chi connectivity index (χ0) is 17.8. The van der Waals surface area contributed by atoms with Gasteiger partial charge in [0.1, 0.15) is 11.5 Å². The summed E-state index contributed by atoms with van der Waals surface area (Å²) in [6.07, 6.45) is 5.70. The molecule has 0 aromatic heterocycles. The molecule has 1 amide bonds. The Morgan fingerprint density at radius 2 is 1.65 bits per heavy atom. The Morgan fingerprint density at radius 1 is 0.923 bits per heavy atom. The Bertz CT molecular complexity index is 719. The molecule has 2 aromatic carbocycles. The largest absolute Gasteiger partial charge is 0.457 e. The lowest BCUT2D eigenvalue weighted by atomic mass is 10.1. The molecule has 4 rings (SSSR count). The second kappa shape index (κ2) is 7.92. The predicted octanol–water partition coefficient (Wildman–Crippen LogP) is 4.23. The van der Waals surface area contributed by atoms with Crippen molar-refractivity contribution in [1.29, 1.82) is 0 Å². The van der Waals surface area contributed by atoms with Crippen molar-refractivity contribution in [3.05, 3.63) is 60.2 Å². The fraction of sp³-hybridized carbons (Fsp3) is 0.409. The van der Waals surface area contributed by atoms with Crippen molar-refractivity contribution >= 4 is 5.91 Å². The van der Waals surface area contributed by atoms with Gasteiger partial charge >= 0.3 is 0 Å². The summed E-state index contributed by atoms with van der Waals surface area (Å²) < 4.78 is 6.04. The molecule has 1 atom stereocenters. The van der Waals surface area contributed by atoms with Crippen molar-refractivity contribution in [2.24, 2.45) is 0 Å². The smallest absolute Gasteiger partial charge is 0.258 e. The van der Waals surface area contributed by atoms with Crippen LogP contribution in [0.4, 0.5) is 0 Å². The minimum atomic E-state index is 0.108. The van der Waals surface area contributed by atoms with Gasteiger partial charge in [-0.05, 0) is 50.1 Å². The normalized spacial score (nSPS) is 20.2. The van der Waals surface area contributed by atoms with Gasteiger partial charge in [0.05, 0.1) is 5.56 Å². The fourth-order valence-electron chi connectivity index (χ4n) is 4.18. The first-order valence-corrected chi connectivity index (χ1v) is 9.68. The van der Waals surface area contributed by atoms with E-state index in [9.17, 15) is 4.79 Å². The van der Waals surface area contributed by atoms with Crippen LogP contribution in [0.25, 0.3) is 0 Å². The van der Waals surface area contributed by atoms with Crippen molar-refractivity contribution in [2.75, 3.05) is 13.1 Å². The van der Waals surface area contributed by atoms with Crippen LogP contribution in [0.3, 0.4) is 0 Å². The number of carbonyl (C=O) groups excluding carboxylic acids is 1. The first-order valence-electron chi connectivity index (χ1n) is 9.68. The number of rotatable bonds is 5. The SMILES string of the molecule is O=C(c1ccccc1Oc1ccccc1)N(C1CCCC1)C1CCNC1. The Balaban J connectivity index is 1.63. The molecule has 136 valence electrons. The summed E-state index contributed by atoms with van der Waals surface area (Å²) >= 11 is 0. The van der Waals surface area contributed by atoms with Gasteiger partial charge < -0.3 is 15.0 Å². The number of carbonyl (C=O) groups is 1. The van der Waals surface area contributed by atoms with Gasteiger partial charge in [0.2, 0.25) is 0 Å². The van der Waals surface area contributed by atoms with Crippen LogP contribution in [0.2, 0.25) is 0 Å². The number of ether oxygens (including phenoxy) is 1. The molecule has 1 aliphatic carbocycles. The average molecular weight is 350 g/mol. The Kier molecular flexibility index (Phi) is 5.21. The molecule has 2 aromatic rings. The fourth-order valence-corrected chi connectivity index (χ4v) is 4.18. The van der Waals surface area contributed by atoms with Crippen LogP contribution >= 0.6 is 0 Å². The van der Waals surface area contributed by atoms with Crippen molar-refractivity contribution in [2.45, 2.75) is 44.2 Å². The summed E-state index contributed by atoms with van der Waals surface area (Å²) in [5, 5.41) is 3.41. The number of nitrogens with one attached hydrogen (secondary N) is 1. The zero-order valence-electron chi connectivity index (χ0n) is 15.1. The molecule has 0 radical (unpaired) electrons. The van der Waals surface area contributed by atoms with E-state index in [-0.39, 0.29) is 11.9 Å². The molecule has 26 heavy (non-hydrogen) atoms. The summed E-state index contributed by atoms with van der Waals surface area (Å²) in [5.41, 5.74) is 0.662. The van der Waals surface area contributed by atoms with Crippen LogP contribution in [0.1, 0.15) is 42.5 Å². The number of hydrogen-bond acceptors (Lipinski definition) is 3. The lowest BCUT2D eigenvalue weighted by Gasteiger charge is -2.34. The number of nitrogens with zero attached hydrogens (tertiary/aromatic N) is 1. The summed E-state index contributed by atoms with van der Waals surface area (Å²) in [4.78, 5) is 15.7. The summed E-state index contributed by atoms with van der Waals surface area (Å²) in [5.74, 6) is 1.50. The minimum Gasteiger partial charge on any atom is -0.457 e. The second-order valence-corrected chi connectivity index (χ2v) is 7.21. The maximum absolute atomic E-state index is 13.5. The highest BCUT2D eigenvalue weighted by Gasteiger charge is 2.35. The monoisotopic (exact) mass is 350 g/mol. The first-order chi connectivity index (χ1) is 12.8. The van der Waals surface area contributed by atoms with Crippen LogP contribution in [0.5, 0.6) is 11.5 Å². The quantitative estimate of drug-likeness (QED) is 0.877. The number of benzene rings is 2. The van der Waals surface area contributed by atoms with E-state index < -0.39 is 0 Å². The summed E-state index contributed by atoms with van der Waals surface area (Å²) in [6.45, 7) is 1.88. The molecule has 0 spiro atoms. The van der Waals surface area contributed by atoms with Crippen LogP contribution in [0.15, 0.2) is 54.6 Å². The molecule has 1 saturated carbocycles. The lowest BCUT2D eigenvalue weighted by molar-refractivity contribution is 0.0592. The molecule has 1 unspecified atom stereocenters. The van der Waals surface area contributed by atoms with Crippen LogP contribution in [-0.2, 0) is 0 Å². The van der Waals surface area contributed by atoms with Crippen LogP contribution in [-0.4, -0.2) is 36.0 Å². The number of para-hydroxylation sites is 2. The highest BCUT2D eigenvalue weighted by molar-refractivity contribution is 5.97. The van der Waals surface area contributed by atoms with Crippen LogP contribution < -0.4 is 10.1 Å². The standard InChI is InChI=1S/C22H26N2O2/c25-22(24(17-8-4-5-9-17)18-14-15-23-16-18)20-12-6-7-13-21(20)26-19-10-2-1-3-11-19/h1-3,6-7,10-13,17-18,23H,4-5,8-9,14-16H2. The van der Waals surface area contributed by atoms with Gasteiger partial charge in [-0.2, -0.15) is 0 Å². The van der Waals surface area contributed by atoms with Crippen molar-refractivity contribution in [1.82, 2.24) is 10.2 Å². The van der Waals surface area contributed by atoms with E-state index in [4.69, 9.17) is 4.74 Å². The predicted molar refractivity (Wildman–Crippen MR) is 103 cm³/mol. The van der Waals surface area contributed by atoms with Gasteiger partial charge in [-0.1, -0.05) is 43.2 Å². The molecule has 4 nitrogen and oxygen atoms in total. The van der Waals surface area contributed by atoms with E-state index in [1.54, 1.807) is 0 Å². The molecule has 2 aliphatic rings. The number of hydrogen-bond donors (Lipinski definition) is 1. The van der Waals surface area contributed by atoms with Crippen molar-refractivity contribution in [3.63, 3.8) is 0 Å². The van der Waals surface area contributed by atoms with Crippen molar-refractivity contribution < 1.29 is 9.53 Å².